The van der Waals surface area contributed by atoms with Crippen LogP contribution in [0.1, 0.15) is 11.1 Å². The third-order valence-corrected chi connectivity index (χ3v) is 2.94. The summed E-state index contributed by atoms with van der Waals surface area (Å²) in [5.74, 6) is 1.18. The van der Waals surface area contributed by atoms with E-state index in [2.05, 4.69) is 0 Å². The molecule has 0 saturated carbocycles. The van der Waals surface area contributed by atoms with Crippen molar-refractivity contribution in [2.45, 2.75) is 13.8 Å². The molecule has 0 unspecified atom stereocenters. The van der Waals surface area contributed by atoms with Crippen molar-refractivity contribution < 1.29 is 9.84 Å². The molecule has 0 aliphatic rings. The Morgan fingerprint density at radius 1 is 0.941 bits per heavy atom. The molecule has 2 aromatic carbocycles. The Balaban J connectivity index is 2.61. The smallest absolute Gasteiger partial charge is 0.123 e. The first-order valence-electron chi connectivity index (χ1n) is 5.57. The van der Waals surface area contributed by atoms with E-state index in [-0.39, 0.29) is 0 Å². The van der Waals surface area contributed by atoms with E-state index in [9.17, 15) is 5.11 Å². The van der Waals surface area contributed by atoms with Gasteiger partial charge in [0.2, 0.25) is 0 Å². The molecule has 0 saturated heterocycles. The van der Waals surface area contributed by atoms with Gasteiger partial charge in [-0.3, -0.25) is 0 Å². The quantitative estimate of drug-likeness (QED) is 0.849. The van der Waals surface area contributed by atoms with Crippen molar-refractivity contribution in [2.24, 2.45) is 0 Å². The average molecular weight is 228 g/mol. The fourth-order valence-corrected chi connectivity index (χ4v) is 2.00. The number of rotatable bonds is 2. The number of phenolic OH excluding ortho intramolecular Hbond substituents is 1. The zero-order valence-electron chi connectivity index (χ0n) is 10.3. The van der Waals surface area contributed by atoms with Gasteiger partial charge in [0.15, 0.2) is 0 Å². The van der Waals surface area contributed by atoms with Gasteiger partial charge in [0.1, 0.15) is 11.5 Å². The minimum absolute atomic E-state index is 0.306. The number of phenols is 1. The first-order valence-corrected chi connectivity index (χ1v) is 5.57. The topological polar surface area (TPSA) is 29.5 Å². The highest BCUT2D eigenvalue weighted by molar-refractivity contribution is 5.74. The predicted molar refractivity (Wildman–Crippen MR) is 69.6 cm³/mol. The molecule has 0 aliphatic heterocycles. The van der Waals surface area contributed by atoms with Crippen molar-refractivity contribution in [1.29, 1.82) is 0 Å². The molecule has 2 aromatic rings. The van der Waals surface area contributed by atoms with Gasteiger partial charge < -0.3 is 9.84 Å². The summed E-state index contributed by atoms with van der Waals surface area (Å²) in [4.78, 5) is 0. The van der Waals surface area contributed by atoms with Crippen LogP contribution >= 0.6 is 0 Å². The minimum atomic E-state index is 0.306. The van der Waals surface area contributed by atoms with Gasteiger partial charge in [0.25, 0.3) is 0 Å². The Hall–Kier alpha value is -1.96. The number of ether oxygens (including phenoxy) is 1. The minimum Gasteiger partial charge on any atom is -0.507 e. The van der Waals surface area contributed by atoms with Crippen molar-refractivity contribution in [2.75, 3.05) is 7.11 Å². The lowest BCUT2D eigenvalue weighted by Crippen LogP contribution is -1.91. The average Bonchev–Trinajstić information content (AvgIpc) is 2.32. The standard InChI is InChI=1S/C15H16O2/c1-10-9-15(17-3)11(2)8-13(10)12-6-4-5-7-14(12)16/h4-9,16H,1-3H3. The Morgan fingerprint density at radius 3 is 2.29 bits per heavy atom. The maximum Gasteiger partial charge on any atom is 0.123 e. The highest BCUT2D eigenvalue weighted by Crippen LogP contribution is 2.34. The van der Waals surface area contributed by atoms with Gasteiger partial charge in [-0.05, 0) is 48.7 Å². The Morgan fingerprint density at radius 2 is 1.65 bits per heavy atom. The summed E-state index contributed by atoms with van der Waals surface area (Å²) in [5.41, 5.74) is 4.06. The van der Waals surface area contributed by atoms with Crippen molar-refractivity contribution in [3.05, 3.63) is 47.5 Å². The number of aromatic hydroxyl groups is 1. The van der Waals surface area contributed by atoms with Crippen LogP contribution in [-0.4, -0.2) is 12.2 Å². The van der Waals surface area contributed by atoms with E-state index in [1.165, 1.54) is 0 Å². The molecule has 0 aromatic heterocycles. The summed E-state index contributed by atoms with van der Waals surface area (Å²) < 4.78 is 5.28. The highest BCUT2D eigenvalue weighted by atomic mass is 16.5. The molecule has 0 spiro atoms. The van der Waals surface area contributed by atoms with E-state index >= 15 is 0 Å². The first kappa shape index (κ1) is 11.5. The lowest BCUT2D eigenvalue weighted by Gasteiger charge is -2.12. The van der Waals surface area contributed by atoms with Crippen LogP contribution in [-0.2, 0) is 0 Å². The van der Waals surface area contributed by atoms with Crippen LogP contribution in [0.15, 0.2) is 36.4 Å². The van der Waals surface area contributed by atoms with Crippen LogP contribution in [0.3, 0.4) is 0 Å². The first-order chi connectivity index (χ1) is 8.13. The molecule has 0 aliphatic carbocycles. The molecule has 0 bridgehead atoms. The van der Waals surface area contributed by atoms with E-state index in [1.807, 2.05) is 44.2 Å². The number of hydrogen-bond donors (Lipinski definition) is 1. The second kappa shape index (κ2) is 4.50. The molecular formula is C15H16O2. The van der Waals surface area contributed by atoms with Crippen LogP contribution in [0.4, 0.5) is 0 Å². The van der Waals surface area contributed by atoms with Crippen LogP contribution in [0.5, 0.6) is 11.5 Å². The van der Waals surface area contributed by atoms with Gasteiger partial charge >= 0.3 is 0 Å². The zero-order valence-corrected chi connectivity index (χ0v) is 10.3. The normalized spacial score (nSPS) is 10.3. The summed E-state index contributed by atoms with van der Waals surface area (Å²) in [5, 5.41) is 9.87. The molecule has 2 nitrogen and oxygen atoms in total. The molecule has 0 fully saturated rings. The summed E-state index contributed by atoms with van der Waals surface area (Å²) in [7, 11) is 1.67. The van der Waals surface area contributed by atoms with Crippen LogP contribution in [0, 0.1) is 13.8 Å². The van der Waals surface area contributed by atoms with Crippen LogP contribution in [0.2, 0.25) is 0 Å². The molecule has 17 heavy (non-hydrogen) atoms. The predicted octanol–water partition coefficient (Wildman–Crippen LogP) is 3.68. The highest BCUT2D eigenvalue weighted by Gasteiger charge is 2.09. The van der Waals surface area contributed by atoms with Gasteiger partial charge in [0.05, 0.1) is 7.11 Å². The van der Waals surface area contributed by atoms with Crippen LogP contribution in [0.25, 0.3) is 11.1 Å². The molecule has 1 N–H and O–H groups in total. The van der Waals surface area contributed by atoms with E-state index in [0.29, 0.717) is 5.75 Å². The number of para-hydroxylation sites is 1. The number of benzene rings is 2. The molecule has 0 heterocycles. The van der Waals surface area contributed by atoms with E-state index < -0.39 is 0 Å². The summed E-state index contributed by atoms with van der Waals surface area (Å²) in [6.07, 6.45) is 0. The zero-order chi connectivity index (χ0) is 12.4. The van der Waals surface area contributed by atoms with Gasteiger partial charge in [-0.2, -0.15) is 0 Å². The van der Waals surface area contributed by atoms with Gasteiger partial charge in [0, 0.05) is 5.56 Å². The van der Waals surface area contributed by atoms with Crippen molar-refractivity contribution in [1.82, 2.24) is 0 Å². The van der Waals surface area contributed by atoms with Crippen molar-refractivity contribution in [3.63, 3.8) is 0 Å². The van der Waals surface area contributed by atoms with Crippen molar-refractivity contribution in [3.8, 4) is 22.6 Å². The van der Waals surface area contributed by atoms with Gasteiger partial charge in [-0.25, -0.2) is 0 Å². The lowest BCUT2D eigenvalue weighted by molar-refractivity contribution is 0.411. The maximum atomic E-state index is 9.87. The molecule has 0 radical (unpaired) electrons. The Kier molecular flexibility index (Phi) is 3.05. The Bertz CT molecular complexity index is 545. The lowest BCUT2D eigenvalue weighted by atomic mass is 9.97. The third-order valence-electron chi connectivity index (χ3n) is 2.94. The van der Waals surface area contributed by atoms with Gasteiger partial charge in [-0.15, -0.1) is 0 Å². The maximum absolute atomic E-state index is 9.87. The fourth-order valence-electron chi connectivity index (χ4n) is 2.00. The summed E-state index contributed by atoms with van der Waals surface area (Å²) in [6.45, 7) is 4.02. The SMILES string of the molecule is COc1cc(C)c(-c2ccccc2O)cc1C. The molecule has 0 amide bonds. The van der Waals surface area contributed by atoms with E-state index in [4.69, 9.17) is 4.74 Å². The molecule has 2 rings (SSSR count). The number of hydrogen-bond acceptors (Lipinski definition) is 2. The second-order valence-corrected chi connectivity index (χ2v) is 4.15. The van der Waals surface area contributed by atoms with E-state index in [0.717, 1.165) is 28.0 Å². The molecule has 0 atom stereocenters. The van der Waals surface area contributed by atoms with Crippen LogP contribution < -0.4 is 4.74 Å². The molecule has 2 heteroatoms. The Labute approximate surface area is 101 Å². The summed E-state index contributed by atoms with van der Waals surface area (Å²) >= 11 is 0. The molecule has 88 valence electrons. The van der Waals surface area contributed by atoms with Crippen molar-refractivity contribution >= 4 is 0 Å². The third kappa shape index (κ3) is 2.11. The number of methoxy groups -OCH3 is 1. The number of aryl methyl sites for hydroxylation is 2. The second-order valence-electron chi connectivity index (χ2n) is 4.15. The van der Waals surface area contributed by atoms with E-state index in [1.54, 1.807) is 13.2 Å². The fraction of sp³-hybridized carbons (Fsp3) is 0.200. The largest absolute Gasteiger partial charge is 0.507 e. The van der Waals surface area contributed by atoms with Gasteiger partial charge in [-0.1, -0.05) is 18.2 Å². The molecular weight excluding hydrogens is 212 g/mol. The summed E-state index contributed by atoms with van der Waals surface area (Å²) in [6, 6.07) is 11.4. The monoisotopic (exact) mass is 228 g/mol.